The van der Waals surface area contributed by atoms with E-state index in [1.165, 1.54) is 44.1 Å². The Morgan fingerprint density at radius 3 is 1.95 bits per heavy atom. The van der Waals surface area contributed by atoms with E-state index >= 15 is 0 Å². The number of amides is 1. The zero-order valence-corrected chi connectivity index (χ0v) is 13.2. The molecule has 0 unspecified atom stereocenters. The zero-order chi connectivity index (χ0) is 14.8. The summed E-state index contributed by atoms with van der Waals surface area (Å²) in [5, 5.41) is 3.59. The van der Waals surface area contributed by atoms with Crippen molar-refractivity contribution in [1.29, 1.82) is 0 Å². The van der Waals surface area contributed by atoms with Crippen molar-refractivity contribution >= 4 is 5.91 Å². The molecule has 5 aliphatic carbocycles. The molecule has 0 spiro atoms. The molecule has 5 aliphatic rings. The van der Waals surface area contributed by atoms with Crippen molar-refractivity contribution in [2.24, 2.45) is 17.8 Å². The normalized spacial score (nSPS) is 40.5. The van der Waals surface area contributed by atoms with Gasteiger partial charge >= 0.3 is 0 Å². The predicted molar refractivity (Wildman–Crippen MR) is 86.4 cm³/mol. The third-order valence-electron chi connectivity index (χ3n) is 6.93. The Morgan fingerprint density at radius 2 is 1.45 bits per heavy atom. The van der Waals surface area contributed by atoms with Gasteiger partial charge in [-0.2, -0.15) is 0 Å². The maximum absolute atomic E-state index is 13.1. The van der Waals surface area contributed by atoms with Gasteiger partial charge in [0.15, 0.2) is 0 Å². The molecule has 116 valence electrons. The Bertz CT molecular complexity index is 566. The molecule has 0 radical (unpaired) electrons. The number of benzene rings is 1. The van der Waals surface area contributed by atoms with Crippen LogP contribution >= 0.6 is 0 Å². The number of nitrogens with one attached hydrogen (secondary N) is 1. The van der Waals surface area contributed by atoms with Crippen LogP contribution in [0.2, 0.25) is 0 Å². The Kier molecular flexibility index (Phi) is 2.61. The first-order chi connectivity index (χ1) is 10.7. The van der Waals surface area contributed by atoms with Crippen molar-refractivity contribution in [1.82, 2.24) is 5.32 Å². The fraction of sp³-hybridized carbons (Fsp3) is 0.650. The van der Waals surface area contributed by atoms with Gasteiger partial charge in [0.2, 0.25) is 5.91 Å². The van der Waals surface area contributed by atoms with E-state index in [0.29, 0.717) is 5.91 Å². The van der Waals surface area contributed by atoms with E-state index in [4.69, 9.17) is 0 Å². The van der Waals surface area contributed by atoms with E-state index in [1.807, 2.05) is 6.07 Å². The third-order valence-corrected chi connectivity index (χ3v) is 6.93. The van der Waals surface area contributed by atoms with Gasteiger partial charge in [-0.1, -0.05) is 30.3 Å². The summed E-state index contributed by atoms with van der Waals surface area (Å²) in [4.78, 5) is 13.1. The minimum Gasteiger partial charge on any atom is -0.350 e. The number of hydrogen-bond donors (Lipinski definition) is 1. The highest BCUT2D eigenvalue weighted by Crippen LogP contribution is 2.56. The lowest BCUT2D eigenvalue weighted by molar-refractivity contribution is -0.129. The minimum absolute atomic E-state index is 0.149. The summed E-state index contributed by atoms with van der Waals surface area (Å²) < 4.78 is 0. The molecule has 1 N–H and O–H groups in total. The largest absolute Gasteiger partial charge is 0.350 e. The maximum atomic E-state index is 13.1. The average molecular weight is 295 g/mol. The molecule has 0 aliphatic heterocycles. The molecule has 1 aromatic rings. The highest BCUT2D eigenvalue weighted by Gasteiger charge is 2.56. The van der Waals surface area contributed by atoms with Gasteiger partial charge in [0.25, 0.3) is 0 Å². The van der Waals surface area contributed by atoms with Crippen molar-refractivity contribution in [3.05, 3.63) is 35.9 Å². The van der Waals surface area contributed by atoms with Crippen LogP contribution in [0.25, 0.3) is 0 Å². The van der Waals surface area contributed by atoms with Crippen LogP contribution in [0.15, 0.2) is 30.3 Å². The summed E-state index contributed by atoms with van der Waals surface area (Å²) in [5.41, 5.74) is 1.16. The summed E-state index contributed by atoms with van der Waals surface area (Å²) in [6.45, 7) is 0. The van der Waals surface area contributed by atoms with Crippen LogP contribution in [-0.4, -0.2) is 11.4 Å². The molecule has 6 rings (SSSR count). The zero-order valence-electron chi connectivity index (χ0n) is 13.2. The summed E-state index contributed by atoms with van der Waals surface area (Å²) in [6.07, 6.45) is 10.1. The van der Waals surface area contributed by atoms with Crippen LogP contribution in [0.3, 0.4) is 0 Å². The number of carbonyl (C=O) groups excluding carboxylic acids is 1. The summed E-state index contributed by atoms with van der Waals surface area (Å²) in [7, 11) is 0. The van der Waals surface area contributed by atoms with E-state index in [-0.39, 0.29) is 11.0 Å². The van der Waals surface area contributed by atoms with Crippen molar-refractivity contribution in [2.45, 2.75) is 62.3 Å². The molecule has 4 bridgehead atoms. The SMILES string of the molecule is O=C(NC12CC3CC(CC(C3)C1)C2)C1(c2ccccc2)CC1. The summed E-state index contributed by atoms with van der Waals surface area (Å²) >= 11 is 0. The first-order valence-electron chi connectivity index (χ1n) is 9.06. The number of hydrogen-bond acceptors (Lipinski definition) is 1. The predicted octanol–water partition coefficient (Wildman–Crippen LogP) is 3.80. The quantitative estimate of drug-likeness (QED) is 0.903. The van der Waals surface area contributed by atoms with E-state index in [2.05, 4.69) is 29.6 Å². The lowest BCUT2D eigenvalue weighted by Gasteiger charge is -2.57. The Balaban J connectivity index is 1.39. The second-order valence-corrected chi connectivity index (χ2v) is 8.60. The molecule has 0 atom stereocenters. The minimum atomic E-state index is -0.204. The van der Waals surface area contributed by atoms with Gasteiger partial charge in [-0.05, 0) is 74.7 Å². The highest BCUT2D eigenvalue weighted by atomic mass is 16.2. The summed E-state index contributed by atoms with van der Waals surface area (Å²) in [5.74, 6) is 2.98. The van der Waals surface area contributed by atoms with Crippen LogP contribution in [0.4, 0.5) is 0 Å². The van der Waals surface area contributed by atoms with Crippen LogP contribution in [0.1, 0.15) is 56.9 Å². The molecule has 0 heterocycles. The molecule has 1 aromatic carbocycles. The van der Waals surface area contributed by atoms with Gasteiger partial charge in [-0.3, -0.25) is 4.79 Å². The molecular weight excluding hydrogens is 270 g/mol. The second kappa shape index (κ2) is 4.37. The van der Waals surface area contributed by atoms with Crippen LogP contribution in [-0.2, 0) is 10.2 Å². The third kappa shape index (κ3) is 1.89. The van der Waals surface area contributed by atoms with Crippen molar-refractivity contribution in [2.75, 3.05) is 0 Å². The average Bonchev–Trinajstić information content (AvgIpc) is 3.28. The molecule has 0 saturated heterocycles. The Hall–Kier alpha value is -1.31. The molecule has 22 heavy (non-hydrogen) atoms. The lowest BCUT2D eigenvalue weighted by atomic mass is 9.53. The topological polar surface area (TPSA) is 29.1 Å². The van der Waals surface area contributed by atoms with Crippen molar-refractivity contribution in [3.8, 4) is 0 Å². The van der Waals surface area contributed by atoms with Gasteiger partial charge in [0.05, 0.1) is 5.41 Å². The second-order valence-electron chi connectivity index (χ2n) is 8.60. The lowest BCUT2D eigenvalue weighted by Crippen LogP contribution is -2.61. The van der Waals surface area contributed by atoms with E-state index in [0.717, 1.165) is 30.6 Å². The number of carbonyl (C=O) groups is 1. The molecular formula is C20H25NO. The standard InChI is InChI=1S/C20H25NO/c22-18(20(6-7-20)17-4-2-1-3-5-17)21-19-11-14-8-15(12-19)10-16(9-14)13-19/h1-5,14-16H,6-13H2,(H,21,22). The molecule has 2 heteroatoms. The first-order valence-corrected chi connectivity index (χ1v) is 9.06. The van der Waals surface area contributed by atoms with Gasteiger partial charge < -0.3 is 5.32 Å². The van der Waals surface area contributed by atoms with Crippen molar-refractivity contribution in [3.63, 3.8) is 0 Å². The monoisotopic (exact) mass is 295 g/mol. The van der Waals surface area contributed by atoms with Gasteiger partial charge in [-0.25, -0.2) is 0 Å². The first kappa shape index (κ1) is 13.2. The Morgan fingerprint density at radius 1 is 0.909 bits per heavy atom. The van der Waals surface area contributed by atoms with Crippen LogP contribution in [0.5, 0.6) is 0 Å². The fourth-order valence-electron chi connectivity index (χ4n) is 6.15. The Labute approximate surface area is 132 Å². The maximum Gasteiger partial charge on any atom is 0.231 e. The molecule has 2 nitrogen and oxygen atoms in total. The van der Waals surface area contributed by atoms with E-state index in [1.54, 1.807) is 0 Å². The van der Waals surface area contributed by atoms with E-state index in [9.17, 15) is 4.79 Å². The van der Waals surface area contributed by atoms with E-state index < -0.39 is 0 Å². The van der Waals surface area contributed by atoms with Gasteiger partial charge in [0.1, 0.15) is 0 Å². The van der Waals surface area contributed by atoms with Crippen LogP contribution < -0.4 is 5.32 Å². The number of rotatable bonds is 3. The van der Waals surface area contributed by atoms with Gasteiger partial charge in [-0.15, -0.1) is 0 Å². The molecule has 5 fully saturated rings. The van der Waals surface area contributed by atoms with Gasteiger partial charge in [0, 0.05) is 5.54 Å². The van der Waals surface area contributed by atoms with Crippen LogP contribution in [0, 0.1) is 17.8 Å². The molecule has 1 amide bonds. The fourth-order valence-corrected chi connectivity index (χ4v) is 6.15. The van der Waals surface area contributed by atoms with Crippen molar-refractivity contribution < 1.29 is 4.79 Å². The summed E-state index contributed by atoms with van der Waals surface area (Å²) in [6, 6.07) is 10.4. The molecule has 0 aromatic heterocycles. The molecule has 5 saturated carbocycles. The smallest absolute Gasteiger partial charge is 0.231 e. The highest BCUT2D eigenvalue weighted by molar-refractivity contribution is 5.91.